The number of carbonyl (C=O) groups is 1. The zero-order chi connectivity index (χ0) is 25.8. The Morgan fingerprint density at radius 2 is 1.82 bits per heavy atom. The molecule has 1 unspecified atom stereocenters. The van der Waals surface area contributed by atoms with E-state index in [1.54, 1.807) is 0 Å². The van der Waals surface area contributed by atoms with Crippen molar-refractivity contribution in [2.45, 2.75) is 32.4 Å². The molecule has 6 nitrogen and oxygen atoms in total. The maximum Gasteiger partial charge on any atom is 0.341 e. The van der Waals surface area contributed by atoms with E-state index in [0.717, 1.165) is 42.2 Å². The molecular formula is C31H33ClN2O4. The third kappa shape index (κ3) is 6.04. The van der Waals surface area contributed by atoms with Gasteiger partial charge in [0.2, 0.25) is 0 Å². The van der Waals surface area contributed by atoms with Crippen LogP contribution in [0, 0.1) is 6.92 Å². The number of carboxylic acid groups (broad SMARTS) is 1. The number of nitrogens with one attached hydrogen (secondary N) is 1. The Balaban J connectivity index is 0.00000336. The van der Waals surface area contributed by atoms with Crippen LogP contribution in [0.25, 0.3) is 10.8 Å². The number of carboxylic acids is 1. The van der Waals surface area contributed by atoms with Crippen LogP contribution in [-0.4, -0.2) is 36.9 Å². The maximum atomic E-state index is 10.9. The lowest BCUT2D eigenvalue weighted by Gasteiger charge is -2.37. The fraction of sp³-hybridized carbons (Fsp3) is 0.258. The lowest BCUT2D eigenvalue weighted by atomic mass is 9.99. The molecule has 0 radical (unpaired) electrons. The van der Waals surface area contributed by atoms with E-state index in [0.29, 0.717) is 5.75 Å². The summed E-state index contributed by atoms with van der Waals surface area (Å²) < 4.78 is 11.8. The molecule has 0 aromatic heterocycles. The number of para-hydroxylation sites is 2. The third-order valence-corrected chi connectivity index (χ3v) is 6.86. The van der Waals surface area contributed by atoms with Crippen LogP contribution in [0.15, 0.2) is 84.9 Å². The standard InChI is InChI=1S/C31H32N2O4.ClH/c1-21-18-24(36-20-31(34)35)14-15-28(21)33-19-25(37-30-13-6-5-12-29(30)33)16-17-32-22(2)26-11-7-9-23-8-3-4-10-27(23)26;/h3-15,18,22,25,32H,16-17,19-20H2,1-2H3,(H,34,35);1H/t22-,25?;/m1./s1. The summed E-state index contributed by atoms with van der Waals surface area (Å²) >= 11 is 0. The topological polar surface area (TPSA) is 71.0 Å². The number of ether oxygens (including phenoxy) is 2. The van der Waals surface area contributed by atoms with Crippen molar-refractivity contribution in [3.8, 4) is 11.5 Å². The van der Waals surface area contributed by atoms with Gasteiger partial charge in [0.15, 0.2) is 6.61 Å². The molecule has 2 atom stereocenters. The monoisotopic (exact) mass is 532 g/mol. The second-order valence-corrected chi connectivity index (χ2v) is 9.48. The summed E-state index contributed by atoms with van der Waals surface area (Å²) in [5.74, 6) is 0.426. The summed E-state index contributed by atoms with van der Waals surface area (Å²) in [7, 11) is 0. The summed E-state index contributed by atoms with van der Waals surface area (Å²) in [5, 5.41) is 15.1. The van der Waals surface area contributed by atoms with E-state index < -0.39 is 5.97 Å². The Hall–Kier alpha value is -3.74. The number of hydrogen-bond donors (Lipinski definition) is 2. The molecule has 1 heterocycles. The molecule has 0 saturated carbocycles. The van der Waals surface area contributed by atoms with Gasteiger partial charge in [-0.25, -0.2) is 4.79 Å². The average molecular weight is 533 g/mol. The Morgan fingerprint density at radius 1 is 1.05 bits per heavy atom. The maximum absolute atomic E-state index is 10.9. The molecule has 4 aromatic rings. The minimum atomic E-state index is -0.991. The number of nitrogens with zero attached hydrogens (tertiary/aromatic N) is 1. The summed E-state index contributed by atoms with van der Waals surface area (Å²) in [5.41, 5.74) is 4.40. The number of fused-ring (bicyclic) bond motifs is 2. The van der Waals surface area contributed by atoms with E-state index in [-0.39, 0.29) is 31.2 Å². The van der Waals surface area contributed by atoms with Gasteiger partial charge in [0, 0.05) is 11.7 Å². The van der Waals surface area contributed by atoms with Crippen molar-refractivity contribution < 1.29 is 19.4 Å². The van der Waals surface area contributed by atoms with Crippen molar-refractivity contribution in [2.24, 2.45) is 0 Å². The minimum Gasteiger partial charge on any atom is -0.486 e. The first kappa shape index (κ1) is 27.3. The van der Waals surface area contributed by atoms with E-state index in [1.807, 2.05) is 43.3 Å². The molecular weight excluding hydrogens is 500 g/mol. The Morgan fingerprint density at radius 3 is 2.63 bits per heavy atom. The summed E-state index contributed by atoms with van der Waals surface area (Å²) in [6.45, 7) is 5.42. The molecule has 5 rings (SSSR count). The molecule has 1 aliphatic rings. The van der Waals surface area contributed by atoms with Gasteiger partial charge in [-0.2, -0.15) is 0 Å². The van der Waals surface area contributed by atoms with Crippen molar-refractivity contribution in [1.29, 1.82) is 0 Å². The molecule has 0 spiro atoms. The van der Waals surface area contributed by atoms with Crippen LogP contribution in [0.4, 0.5) is 11.4 Å². The average Bonchev–Trinajstić information content (AvgIpc) is 2.91. The molecule has 0 aliphatic carbocycles. The minimum absolute atomic E-state index is 0. The molecule has 0 fully saturated rings. The number of benzene rings is 4. The number of anilines is 2. The zero-order valence-electron chi connectivity index (χ0n) is 21.6. The van der Waals surface area contributed by atoms with E-state index in [9.17, 15) is 4.79 Å². The zero-order valence-corrected chi connectivity index (χ0v) is 22.4. The summed E-state index contributed by atoms with van der Waals surface area (Å²) in [6.07, 6.45) is 0.878. The second kappa shape index (κ2) is 12.2. The highest BCUT2D eigenvalue weighted by Gasteiger charge is 2.27. The fourth-order valence-corrected chi connectivity index (χ4v) is 5.04. The van der Waals surface area contributed by atoms with Crippen molar-refractivity contribution in [3.63, 3.8) is 0 Å². The number of halogens is 1. The number of aliphatic carboxylic acids is 1. The van der Waals surface area contributed by atoms with E-state index in [1.165, 1.54) is 16.3 Å². The Bertz CT molecular complexity index is 1400. The van der Waals surface area contributed by atoms with E-state index in [4.69, 9.17) is 14.6 Å². The molecule has 0 saturated heterocycles. The van der Waals surface area contributed by atoms with Gasteiger partial charge in [-0.15, -0.1) is 12.4 Å². The lowest BCUT2D eigenvalue weighted by molar-refractivity contribution is -0.139. The van der Waals surface area contributed by atoms with Crippen LogP contribution in [0.5, 0.6) is 11.5 Å². The highest BCUT2D eigenvalue weighted by Crippen LogP contribution is 2.40. The number of rotatable bonds is 9. The van der Waals surface area contributed by atoms with Crippen LogP contribution >= 0.6 is 12.4 Å². The quantitative estimate of drug-likeness (QED) is 0.251. The van der Waals surface area contributed by atoms with Gasteiger partial charge in [0.1, 0.15) is 17.6 Å². The van der Waals surface area contributed by atoms with Crippen molar-refractivity contribution in [3.05, 3.63) is 96.1 Å². The molecule has 198 valence electrons. The van der Waals surface area contributed by atoms with Gasteiger partial charge in [-0.05, 0) is 79.0 Å². The Kier molecular flexibility index (Phi) is 8.77. The first-order valence-electron chi connectivity index (χ1n) is 12.7. The largest absolute Gasteiger partial charge is 0.486 e. The Labute approximate surface area is 229 Å². The van der Waals surface area contributed by atoms with Crippen LogP contribution in [0.3, 0.4) is 0 Å². The van der Waals surface area contributed by atoms with Crippen LogP contribution in [0.1, 0.15) is 30.5 Å². The van der Waals surface area contributed by atoms with Crippen LogP contribution in [-0.2, 0) is 4.79 Å². The number of aryl methyl sites for hydroxylation is 1. The SMILES string of the molecule is Cc1cc(OCC(=O)O)ccc1N1CC(CCN[C@H](C)c2cccc3ccccc23)Oc2ccccc21.Cl. The second-order valence-electron chi connectivity index (χ2n) is 9.48. The first-order chi connectivity index (χ1) is 18.0. The van der Waals surface area contributed by atoms with Crippen molar-refractivity contribution >= 4 is 40.5 Å². The normalized spacial score (nSPS) is 15.2. The van der Waals surface area contributed by atoms with Gasteiger partial charge in [0.05, 0.1) is 12.2 Å². The van der Waals surface area contributed by atoms with Gasteiger partial charge >= 0.3 is 5.97 Å². The van der Waals surface area contributed by atoms with Gasteiger partial charge in [-0.3, -0.25) is 0 Å². The highest BCUT2D eigenvalue weighted by molar-refractivity contribution is 5.86. The van der Waals surface area contributed by atoms with Gasteiger partial charge < -0.3 is 24.8 Å². The number of hydrogen-bond acceptors (Lipinski definition) is 5. The molecule has 7 heteroatoms. The van der Waals surface area contributed by atoms with E-state index in [2.05, 4.69) is 65.7 Å². The van der Waals surface area contributed by atoms with Gasteiger partial charge in [-0.1, -0.05) is 54.6 Å². The van der Waals surface area contributed by atoms with Crippen LogP contribution in [0.2, 0.25) is 0 Å². The molecule has 38 heavy (non-hydrogen) atoms. The predicted octanol–water partition coefficient (Wildman–Crippen LogP) is 6.67. The smallest absolute Gasteiger partial charge is 0.341 e. The third-order valence-electron chi connectivity index (χ3n) is 6.86. The molecule has 2 N–H and O–H groups in total. The highest BCUT2D eigenvalue weighted by atomic mass is 35.5. The van der Waals surface area contributed by atoms with Gasteiger partial charge in [0.25, 0.3) is 0 Å². The van der Waals surface area contributed by atoms with Crippen LogP contribution < -0.4 is 19.7 Å². The lowest BCUT2D eigenvalue weighted by Crippen LogP contribution is -2.39. The summed E-state index contributed by atoms with van der Waals surface area (Å²) in [6, 6.07) is 29.0. The summed E-state index contributed by atoms with van der Waals surface area (Å²) in [4.78, 5) is 13.1. The fourth-order valence-electron chi connectivity index (χ4n) is 5.04. The predicted molar refractivity (Wildman–Crippen MR) is 154 cm³/mol. The first-order valence-corrected chi connectivity index (χ1v) is 12.7. The molecule has 0 amide bonds. The molecule has 0 bridgehead atoms. The van der Waals surface area contributed by atoms with Crippen molar-refractivity contribution in [1.82, 2.24) is 5.32 Å². The molecule has 1 aliphatic heterocycles. The molecule has 4 aromatic carbocycles. The van der Waals surface area contributed by atoms with Crippen molar-refractivity contribution in [2.75, 3.05) is 24.6 Å². The van der Waals surface area contributed by atoms with E-state index >= 15 is 0 Å².